The van der Waals surface area contributed by atoms with Crippen molar-refractivity contribution < 1.29 is 5.11 Å². The molecule has 1 nitrogen and oxygen atoms in total. The zero-order chi connectivity index (χ0) is 13.8. The third-order valence-electron chi connectivity index (χ3n) is 6.58. The molecule has 0 aromatic heterocycles. The second-order valence-electron chi connectivity index (χ2n) is 7.97. The Morgan fingerprint density at radius 1 is 1.11 bits per heavy atom. The first-order chi connectivity index (χ1) is 8.84. The Hall–Kier alpha value is -0.560. The van der Waals surface area contributed by atoms with E-state index in [0.29, 0.717) is 16.7 Å². The van der Waals surface area contributed by atoms with E-state index in [1.165, 1.54) is 18.4 Å². The summed E-state index contributed by atoms with van der Waals surface area (Å²) in [5, 5.41) is 9.93. The van der Waals surface area contributed by atoms with E-state index in [1.807, 2.05) is 0 Å². The van der Waals surface area contributed by atoms with E-state index in [4.69, 9.17) is 0 Å². The van der Waals surface area contributed by atoms with Gasteiger partial charge in [-0.15, -0.1) is 0 Å². The van der Waals surface area contributed by atoms with Crippen molar-refractivity contribution in [2.45, 2.75) is 65.9 Å². The van der Waals surface area contributed by atoms with Crippen molar-refractivity contribution in [1.82, 2.24) is 0 Å². The average molecular weight is 260 g/mol. The molecule has 2 fully saturated rings. The second kappa shape index (κ2) is 4.22. The Labute approximate surface area is 117 Å². The van der Waals surface area contributed by atoms with Crippen LogP contribution in [0.5, 0.6) is 0 Å². The van der Waals surface area contributed by atoms with Crippen molar-refractivity contribution in [2.75, 3.05) is 0 Å². The van der Waals surface area contributed by atoms with Crippen LogP contribution >= 0.6 is 0 Å². The van der Waals surface area contributed by atoms with Crippen LogP contribution in [-0.4, -0.2) is 11.2 Å². The SMILES string of the molecule is CC1C2=CC=C3C[C@@H](O)CC[C@]3(C)C2CCC1(C)C. The van der Waals surface area contributed by atoms with Crippen LogP contribution in [0.2, 0.25) is 0 Å². The fourth-order valence-electron chi connectivity index (χ4n) is 4.67. The number of hydrogen-bond acceptors (Lipinski definition) is 1. The summed E-state index contributed by atoms with van der Waals surface area (Å²) < 4.78 is 0. The van der Waals surface area contributed by atoms with E-state index in [0.717, 1.165) is 25.2 Å². The minimum atomic E-state index is -0.105. The summed E-state index contributed by atoms with van der Waals surface area (Å²) in [6.07, 6.45) is 10.3. The molecule has 0 radical (unpaired) electrons. The molecule has 0 bridgehead atoms. The van der Waals surface area contributed by atoms with E-state index in [1.54, 1.807) is 5.57 Å². The van der Waals surface area contributed by atoms with Crippen LogP contribution < -0.4 is 0 Å². The predicted molar refractivity (Wildman–Crippen MR) is 79.8 cm³/mol. The molecule has 1 heteroatoms. The minimum Gasteiger partial charge on any atom is -0.393 e. The summed E-state index contributed by atoms with van der Waals surface area (Å²) in [7, 11) is 0. The van der Waals surface area contributed by atoms with Gasteiger partial charge in [-0.2, -0.15) is 0 Å². The molecule has 0 aliphatic heterocycles. The number of allylic oxidation sites excluding steroid dienone is 3. The molecule has 0 aromatic carbocycles. The highest BCUT2D eigenvalue weighted by molar-refractivity contribution is 5.37. The van der Waals surface area contributed by atoms with Crippen LogP contribution in [0.3, 0.4) is 0 Å². The Balaban J connectivity index is 1.99. The fraction of sp³-hybridized carbons (Fsp3) is 0.778. The van der Waals surface area contributed by atoms with Crippen LogP contribution in [0.4, 0.5) is 0 Å². The van der Waals surface area contributed by atoms with Gasteiger partial charge >= 0.3 is 0 Å². The summed E-state index contributed by atoms with van der Waals surface area (Å²) in [5.74, 6) is 1.41. The van der Waals surface area contributed by atoms with Gasteiger partial charge in [-0.25, -0.2) is 0 Å². The van der Waals surface area contributed by atoms with Gasteiger partial charge in [0, 0.05) is 0 Å². The van der Waals surface area contributed by atoms with Gasteiger partial charge in [0.1, 0.15) is 0 Å². The Kier molecular flexibility index (Phi) is 2.98. The molecule has 1 N–H and O–H groups in total. The molecule has 106 valence electrons. The largest absolute Gasteiger partial charge is 0.393 e. The summed E-state index contributed by atoms with van der Waals surface area (Å²) >= 11 is 0. The maximum Gasteiger partial charge on any atom is 0.0578 e. The zero-order valence-electron chi connectivity index (χ0n) is 12.9. The van der Waals surface area contributed by atoms with Gasteiger partial charge in [-0.3, -0.25) is 0 Å². The zero-order valence-corrected chi connectivity index (χ0v) is 12.9. The maximum absolute atomic E-state index is 9.93. The van der Waals surface area contributed by atoms with Crippen LogP contribution in [-0.2, 0) is 0 Å². The van der Waals surface area contributed by atoms with Gasteiger partial charge in [-0.1, -0.05) is 51.0 Å². The fourth-order valence-corrected chi connectivity index (χ4v) is 4.67. The molecule has 3 aliphatic rings. The summed E-state index contributed by atoms with van der Waals surface area (Å²) in [6.45, 7) is 9.70. The van der Waals surface area contributed by atoms with E-state index < -0.39 is 0 Å². The van der Waals surface area contributed by atoms with E-state index in [2.05, 4.69) is 39.8 Å². The monoisotopic (exact) mass is 260 g/mol. The third kappa shape index (κ3) is 1.93. The summed E-state index contributed by atoms with van der Waals surface area (Å²) in [4.78, 5) is 0. The lowest BCUT2D eigenvalue weighted by Gasteiger charge is -2.53. The molecule has 2 saturated carbocycles. The Morgan fingerprint density at radius 2 is 1.84 bits per heavy atom. The molecule has 0 aromatic rings. The first-order valence-corrected chi connectivity index (χ1v) is 7.94. The molecule has 3 rings (SSSR count). The first kappa shape index (κ1) is 13.4. The van der Waals surface area contributed by atoms with Crippen molar-refractivity contribution >= 4 is 0 Å². The number of aliphatic hydroxyl groups is 1. The van der Waals surface area contributed by atoms with Crippen molar-refractivity contribution in [1.29, 1.82) is 0 Å². The predicted octanol–water partition coefficient (Wildman–Crippen LogP) is 4.48. The Morgan fingerprint density at radius 3 is 2.58 bits per heavy atom. The Bertz CT molecular complexity index is 443. The lowest BCUT2D eigenvalue weighted by atomic mass is 9.51. The molecular formula is C18H28O. The molecule has 0 saturated heterocycles. The maximum atomic E-state index is 9.93. The van der Waals surface area contributed by atoms with E-state index >= 15 is 0 Å². The van der Waals surface area contributed by atoms with Gasteiger partial charge in [0.15, 0.2) is 0 Å². The average Bonchev–Trinajstić information content (AvgIpc) is 2.35. The van der Waals surface area contributed by atoms with Crippen molar-refractivity contribution in [3.05, 3.63) is 23.3 Å². The summed E-state index contributed by atoms with van der Waals surface area (Å²) in [5.41, 5.74) is 3.96. The molecule has 0 amide bonds. The van der Waals surface area contributed by atoms with E-state index in [9.17, 15) is 5.11 Å². The van der Waals surface area contributed by atoms with Crippen LogP contribution in [0.15, 0.2) is 23.3 Å². The van der Waals surface area contributed by atoms with Crippen molar-refractivity contribution in [3.63, 3.8) is 0 Å². The van der Waals surface area contributed by atoms with Gasteiger partial charge in [0.25, 0.3) is 0 Å². The smallest absolute Gasteiger partial charge is 0.0578 e. The molecule has 4 atom stereocenters. The van der Waals surface area contributed by atoms with Crippen LogP contribution in [0.1, 0.15) is 59.8 Å². The molecule has 0 spiro atoms. The lowest BCUT2D eigenvalue weighted by molar-refractivity contribution is 0.0587. The van der Waals surface area contributed by atoms with Crippen molar-refractivity contribution in [3.8, 4) is 0 Å². The molecular weight excluding hydrogens is 232 g/mol. The molecule has 19 heavy (non-hydrogen) atoms. The van der Waals surface area contributed by atoms with Gasteiger partial charge in [0.2, 0.25) is 0 Å². The molecule has 0 heterocycles. The van der Waals surface area contributed by atoms with Gasteiger partial charge in [-0.05, 0) is 54.8 Å². The van der Waals surface area contributed by atoms with Crippen molar-refractivity contribution in [2.24, 2.45) is 22.7 Å². The topological polar surface area (TPSA) is 20.2 Å². The van der Waals surface area contributed by atoms with Crippen LogP contribution in [0.25, 0.3) is 0 Å². The number of hydrogen-bond donors (Lipinski definition) is 1. The molecule has 3 aliphatic carbocycles. The van der Waals surface area contributed by atoms with Gasteiger partial charge in [0.05, 0.1) is 6.10 Å². The number of rotatable bonds is 0. The highest BCUT2D eigenvalue weighted by Gasteiger charge is 2.49. The summed E-state index contributed by atoms with van der Waals surface area (Å²) in [6, 6.07) is 0. The highest BCUT2D eigenvalue weighted by Crippen LogP contribution is 2.59. The number of fused-ring (bicyclic) bond motifs is 3. The normalized spacial score (nSPS) is 44.8. The first-order valence-electron chi connectivity index (χ1n) is 7.94. The third-order valence-corrected chi connectivity index (χ3v) is 6.58. The molecule has 2 unspecified atom stereocenters. The van der Waals surface area contributed by atoms with Gasteiger partial charge < -0.3 is 5.11 Å². The highest BCUT2D eigenvalue weighted by atomic mass is 16.3. The standard InChI is InChI=1S/C18H28O/c1-12-15-6-5-13-11-14(19)7-10-18(13,4)16(15)8-9-17(12,2)3/h5-6,12,14,16,19H,7-11H2,1-4H3/t12?,14-,16?,18-/m0/s1. The quantitative estimate of drug-likeness (QED) is 0.681. The van der Waals surface area contributed by atoms with Crippen LogP contribution in [0, 0.1) is 22.7 Å². The minimum absolute atomic E-state index is 0.105. The lowest BCUT2D eigenvalue weighted by Crippen LogP contribution is -2.44. The van der Waals surface area contributed by atoms with E-state index in [-0.39, 0.29) is 6.10 Å². The number of aliphatic hydroxyl groups excluding tert-OH is 1. The second-order valence-corrected chi connectivity index (χ2v) is 7.97.